The van der Waals surface area contributed by atoms with Crippen LogP contribution >= 0.6 is 11.3 Å². The van der Waals surface area contributed by atoms with Crippen molar-refractivity contribution in [1.82, 2.24) is 10.3 Å². The van der Waals surface area contributed by atoms with E-state index in [2.05, 4.69) is 42.9 Å². The molecule has 1 aromatic heterocycles. The minimum atomic E-state index is 0.516. The Bertz CT molecular complexity index is 369. The van der Waals surface area contributed by atoms with Crippen molar-refractivity contribution in [2.24, 2.45) is 5.92 Å². The number of nitrogens with zero attached hydrogens (tertiary/aromatic N) is 2. The van der Waals surface area contributed by atoms with Crippen LogP contribution in [0.15, 0.2) is 6.20 Å². The molecular weight excluding hydrogens is 242 g/mol. The summed E-state index contributed by atoms with van der Waals surface area (Å²) in [5.74, 6) is 0.671. The molecule has 0 atom stereocenters. The van der Waals surface area contributed by atoms with Gasteiger partial charge in [0.15, 0.2) is 5.13 Å². The van der Waals surface area contributed by atoms with Crippen molar-refractivity contribution in [1.29, 1.82) is 0 Å². The van der Waals surface area contributed by atoms with Gasteiger partial charge in [-0.2, -0.15) is 0 Å². The Hall–Kier alpha value is -0.610. The first kappa shape index (κ1) is 13.8. The second-order valence-electron chi connectivity index (χ2n) is 5.90. The summed E-state index contributed by atoms with van der Waals surface area (Å²) >= 11 is 1.83. The van der Waals surface area contributed by atoms with E-state index in [9.17, 15) is 0 Å². The third-order valence-electron chi connectivity index (χ3n) is 3.11. The molecule has 0 spiro atoms. The minimum Gasteiger partial charge on any atom is -0.345 e. The molecule has 0 amide bonds. The average Bonchev–Trinajstić information content (AvgIpc) is 3.01. The van der Waals surface area contributed by atoms with Gasteiger partial charge in [0, 0.05) is 36.2 Å². The summed E-state index contributed by atoms with van der Waals surface area (Å²) < 4.78 is 0. The summed E-state index contributed by atoms with van der Waals surface area (Å²) in [5.41, 5.74) is 0. The van der Waals surface area contributed by atoms with Crippen molar-refractivity contribution < 1.29 is 0 Å². The largest absolute Gasteiger partial charge is 0.345 e. The van der Waals surface area contributed by atoms with E-state index >= 15 is 0 Å². The predicted octanol–water partition coefficient (Wildman–Crippen LogP) is 3.27. The molecular formula is C14H25N3S. The van der Waals surface area contributed by atoms with E-state index in [-0.39, 0.29) is 0 Å². The maximum atomic E-state index is 4.59. The van der Waals surface area contributed by atoms with Gasteiger partial charge in [0.2, 0.25) is 0 Å². The van der Waals surface area contributed by atoms with E-state index in [1.54, 1.807) is 0 Å². The molecule has 18 heavy (non-hydrogen) atoms. The van der Waals surface area contributed by atoms with Crippen molar-refractivity contribution in [2.45, 2.75) is 59.2 Å². The first-order valence-electron chi connectivity index (χ1n) is 7.01. The molecule has 1 heterocycles. The van der Waals surface area contributed by atoms with Crippen LogP contribution in [0.3, 0.4) is 0 Å². The lowest BCUT2D eigenvalue weighted by Crippen LogP contribution is -2.33. The zero-order chi connectivity index (χ0) is 13.1. The molecule has 0 radical (unpaired) electrons. The molecule has 3 nitrogen and oxygen atoms in total. The van der Waals surface area contributed by atoms with Crippen molar-refractivity contribution in [3.05, 3.63) is 11.1 Å². The summed E-state index contributed by atoms with van der Waals surface area (Å²) in [6.07, 6.45) is 4.72. The molecule has 1 fully saturated rings. The van der Waals surface area contributed by atoms with E-state index in [1.165, 1.54) is 22.9 Å². The molecule has 2 rings (SSSR count). The molecule has 1 N–H and O–H groups in total. The number of anilines is 1. The lowest BCUT2D eigenvalue weighted by Gasteiger charge is -2.27. The third kappa shape index (κ3) is 3.95. The summed E-state index contributed by atoms with van der Waals surface area (Å²) in [5, 5.41) is 4.72. The standard InChI is InChI=1S/C14H25N3S/c1-10(2)9-17(11(3)4)14-16-8-13(18-14)7-15-12-5-6-12/h8,10-12,15H,5-7,9H2,1-4H3. The first-order valence-corrected chi connectivity index (χ1v) is 7.82. The van der Waals surface area contributed by atoms with Crippen molar-refractivity contribution in [3.63, 3.8) is 0 Å². The van der Waals surface area contributed by atoms with Gasteiger partial charge in [0.25, 0.3) is 0 Å². The Balaban J connectivity index is 1.95. The Morgan fingerprint density at radius 1 is 1.39 bits per heavy atom. The highest BCUT2D eigenvalue weighted by Crippen LogP contribution is 2.26. The van der Waals surface area contributed by atoms with Gasteiger partial charge in [0.1, 0.15) is 0 Å². The van der Waals surface area contributed by atoms with E-state index in [0.717, 1.165) is 19.1 Å². The quantitative estimate of drug-likeness (QED) is 0.822. The molecule has 4 heteroatoms. The molecule has 0 aliphatic heterocycles. The number of hydrogen-bond donors (Lipinski definition) is 1. The van der Waals surface area contributed by atoms with Crippen LogP contribution in [-0.2, 0) is 6.54 Å². The Labute approximate surface area is 115 Å². The minimum absolute atomic E-state index is 0.516. The lowest BCUT2D eigenvalue weighted by molar-refractivity contribution is 0.570. The van der Waals surface area contributed by atoms with Crippen LogP contribution in [0.4, 0.5) is 5.13 Å². The second-order valence-corrected chi connectivity index (χ2v) is 7.00. The lowest BCUT2D eigenvalue weighted by atomic mass is 10.2. The number of hydrogen-bond acceptors (Lipinski definition) is 4. The van der Waals surface area contributed by atoms with Crippen molar-refractivity contribution >= 4 is 16.5 Å². The highest BCUT2D eigenvalue weighted by Gasteiger charge is 2.21. The zero-order valence-electron chi connectivity index (χ0n) is 11.9. The smallest absolute Gasteiger partial charge is 0.185 e. The van der Waals surface area contributed by atoms with E-state index in [1.807, 2.05) is 17.5 Å². The molecule has 0 saturated heterocycles. The molecule has 1 aliphatic rings. The number of thiazole rings is 1. The fourth-order valence-electron chi connectivity index (χ4n) is 1.95. The first-order chi connectivity index (χ1) is 8.56. The average molecular weight is 267 g/mol. The maximum Gasteiger partial charge on any atom is 0.185 e. The van der Waals surface area contributed by atoms with Crippen LogP contribution in [0.5, 0.6) is 0 Å². The third-order valence-corrected chi connectivity index (χ3v) is 4.15. The number of nitrogens with one attached hydrogen (secondary N) is 1. The fraction of sp³-hybridized carbons (Fsp3) is 0.786. The van der Waals surface area contributed by atoms with Crippen LogP contribution in [0.1, 0.15) is 45.4 Å². The molecule has 0 bridgehead atoms. The summed E-state index contributed by atoms with van der Waals surface area (Å²) in [7, 11) is 0. The van der Waals surface area contributed by atoms with Crippen molar-refractivity contribution in [2.75, 3.05) is 11.4 Å². The Morgan fingerprint density at radius 3 is 2.67 bits per heavy atom. The van der Waals surface area contributed by atoms with Gasteiger partial charge in [-0.1, -0.05) is 13.8 Å². The Morgan fingerprint density at radius 2 is 2.11 bits per heavy atom. The maximum absolute atomic E-state index is 4.59. The van der Waals surface area contributed by atoms with Gasteiger partial charge in [-0.05, 0) is 32.6 Å². The highest BCUT2D eigenvalue weighted by molar-refractivity contribution is 7.15. The van der Waals surface area contributed by atoms with Gasteiger partial charge in [-0.3, -0.25) is 0 Å². The molecule has 1 aliphatic carbocycles. The van der Waals surface area contributed by atoms with Crippen LogP contribution in [0.2, 0.25) is 0 Å². The topological polar surface area (TPSA) is 28.2 Å². The van der Waals surface area contributed by atoms with Crippen LogP contribution in [-0.4, -0.2) is 23.6 Å². The van der Waals surface area contributed by atoms with Gasteiger partial charge in [-0.25, -0.2) is 4.98 Å². The van der Waals surface area contributed by atoms with Crippen LogP contribution in [0.25, 0.3) is 0 Å². The molecule has 1 saturated carbocycles. The zero-order valence-corrected chi connectivity index (χ0v) is 12.8. The summed E-state index contributed by atoms with van der Waals surface area (Å²) in [4.78, 5) is 8.36. The summed E-state index contributed by atoms with van der Waals surface area (Å²) in [6.45, 7) is 11.1. The van der Waals surface area contributed by atoms with Crippen molar-refractivity contribution in [3.8, 4) is 0 Å². The fourth-order valence-corrected chi connectivity index (χ4v) is 2.95. The van der Waals surface area contributed by atoms with Gasteiger partial charge < -0.3 is 10.2 Å². The number of rotatable bonds is 7. The predicted molar refractivity (Wildman–Crippen MR) is 79.3 cm³/mol. The normalized spacial score (nSPS) is 15.7. The van der Waals surface area contributed by atoms with Gasteiger partial charge in [0.05, 0.1) is 0 Å². The van der Waals surface area contributed by atoms with Gasteiger partial charge >= 0.3 is 0 Å². The Kier molecular flexibility index (Phi) is 4.62. The van der Waals surface area contributed by atoms with E-state index in [0.29, 0.717) is 12.0 Å². The van der Waals surface area contributed by atoms with Gasteiger partial charge in [-0.15, -0.1) is 11.3 Å². The highest BCUT2D eigenvalue weighted by atomic mass is 32.1. The van der Waals surface area contributed by atoms with Crippen LogP contribution < -0.4 is 10.2 Å². The second kappa shape index (κ2) is 6.02. The molecule has 1 aromatic rings. The van der Waals surface area contributed by atoms with E-state index < -0.39 is 0 Å². The number of aromatic nitrogens is 1. The van der Waals surface area contributed by atoms with E-state index in [4.69, 9.17) is 0 Å². The molecule has 0 aromatic carbocycles. The molecule has 102 valence electrons. The monoisotopic (exact) mass is 267 g/mol. The SMILES string of the molecule is CC(C)CN(c1ncc(CNC2CC2)s1)C(C)C. The molecule has 0 unspecified atom stereocenters. The summed E-state index contributed by atoms with van der Waals surface area (Å²) in [6, 6.07) is 1.29. The van der Waals surface area contributed by atoms with Crippen LogP contribution in [0, 0.1) is 5.92 Å².